The highest BCUT2D eigenvalue weighted by atomic mass is 35.5. The van der Waals surface area contributed by atoms with Crippen LogP contribution in [-0.2, 0) is 4.79 Å². The Morgan fingerprint density at radius 3 is 2.70 bits per heavy atom. The van der Waals surface area contributed by atoms with Crippen LogP contribution in [0.5, 0.6) is 5.75 Å². The summed E-state index contributed by atoms with van der Waals surface area (Å²) in [5.41, 5.74) is 1.29. The number of hydrogen-bond donors (Lipinski definition) is 1. The fraction of sp³-hybridized carbons (Fsp3) is 0.476. The number of aromatic amines is 1. The molecule has 1 N–H and O–H groups in total. The topological polar surface area (TPSA) is 81.8 Å². The summed E-state index contributed by atoms with van der Waals surface area (Å²) in [6.07, 6.45) is 2.25. The van der Waals surface area contributed by atoms with Gasteiger partial charge in [-0.2, -0.15) is 5.10 Å². The van der Waals surface area contributed by atoms with E-state index in [9.17, 15) is 9.59 Å². The number of amides is 2. The third-order valence-electron chi connectivity index (χ3n) is 5.38. The number of carbonyl (C=O) groups is 2. The lowest BCUT2D eigenvalue weighted by molar-refractivity contribution is -0.137. The summed E-state index contributed by atoms with van der Waals surface area (Å²) in [5.74, 6) is 0.667. The van der Waals surface area contributed by atoms with Crippen molar-refractivity contribution in [3.63, 3.8) is 0 Å². The Kier molecular flexibility index (Phi) is 7.33. The Bertz CT molecular complexity index is 870. The van der Waals surface area contributed by atoms with Gasteiger partial charge in [0.1, 0.15) is 11.8 Å². The van der Waals surface area contributed by atoms with Gasteiger partial charge in [0.05, 0.1) is 18.4 Å². The average Bonchev–Trinajstić information content (AvgIpc) is 3.17. The van der Waals surface area contributed by atoms with Crippen molar-refractivity contribution >= 4 is 23.4 Å². The van der Waals surface area contributed by atoms with Gasteiger partial charge in [-0.15, -0.1) is 0 Å². The van der Waals surface area contributed by atoms with Crippen LogP contribution in [0.2, 0.25) is 5.02 Å². The third kappa shape index (κ3) is 5.31. The van der Waals surface area contributed by atoms with E-state index in [1.54, 1.807) is 35.2 Å². The van der Waals surface area contributed by atoms with Gasteiger partial charge in [-0.3, -0.25) is 19.6 Å². The molecule has 3 rings (SSSR count). The van der Waals surface area contributed by atoms with Gasteiger partial charge in [-0.05, 0) is 44.7 Å². The van der Waals surface area contributed by atoms with E-state index in [1.807, 2.05) is 31.0 Å². The molecule has 0 radical (unpaired) electrons. The number of piperazine rings is 1. The fourth-order valence-electron chi connectivity index (χ4n) is 3.45. The number of H-pyrrole nitrogens is 1. The Hall–Kier alpha value is -2.58. The Morgan fingerprint density at radius 1 is 1.30 bits per heavy atom. The lowest BCUT2D eigenvalue weighted by Gasteiger charge is -2.40. The molecule has 30 heavy (non-hydrogen) atoms. The fourth-order valence-corrected chi connectivity index (χ4v) is 3.57. The zero-order valence-electron chi connectivity index (χ0n) is 17.6. The van der Waals surface area contributed by atoms with Crippen LogP contribution in [0.4, 0.5) is 0 Å². The predicted molar refractivity (Wildman–Crippen MR) is 115 cm³/mol. The third-order valence-corrected chi connectivity index (χ3v) is 5.63. The molecule has 1 aromatic carbocycles. The largest absolute Gasteiger partial charge is 0.494 e. The molecule has 2 amide bonds. The SMILES string of the molecule is Cc1[nH]ncc1C(=O)N1CCN(C)C(C(=O)N(C)CCCOc2ccc(Cl)cc2)C1. The van der Waals surface area contributed by atoms with Crippen molar-refractivity contribution in [1.29, 1.82) is 0 Å². The normalized spacial score (nSPS) is 17.1. The van der Waals surface area contributed by atoms with Gasteiger partial charge in [-0.25, -0.2) is 0 Å². The van der Waals surface area contributed by atoms with E-state index in [4.69, 9.17) is 16.3 Å². The molecule has 2 aromatic rings. The van der Waals surface area contributed by atoms with E-state index in [0.717, 1.165) is 11.4 Å². The summed E-state index contributed by atoms with van der Waals surface area (Å²) < 4.78 is 5.69. The van der Waals surface area contributed by atoms with Crippen LogP contribution in [0, 0.1) is 6.92 Å². The average molecular weight is 434 g/mol. The van der Waals surface area contributed by atoms with E-state index < -0.39 is 0 Å². The molecule has 0 spiro atoms. The van der Waals surface area contributed by atoms with Gasteiger partial charge in [0.25, 0.3) is 5.91 Å². The van der Waals surface area contributed by atoms with Crippen molar-refractivity contribution in [3.05, 3.63) is 46.7 Å². The van der Waals surface area contributed by atoms with E-state index in [-0.39, 0.29) is 17.9 Å². The lowest BCUT2D eigenvalue weighted by atomic mass is 10.1. The maximum atomic E-state index is 13.0. The number of likely N-dealkylation sites (N-methyl/N-ethyl adjacent to an activating group) is 2. The Morgan fingerprint density at radius 2 is 2.03 bits per heavy atom. The predicted octanol–water partition coefficient (Wildman–Crippen LogP) is 2.06. The molecule has 1 aliphatic heterocycles. The summed E-state index contributed by atoms with van der Waals surface area (Å²) in [4.78, 5) is 31.2. The number of carbonyl (C=O) groups excluding carboxylic acids is 2. The number of rotatable bonds is 7. The van der Waals surface area contributed by atoms with Crippen molar-refractivity contribution in [1.82, 2.24) is 24.9 Å². The van der Waals surface area contributed by atoms with Crippen molar-refractivity contribution in [2.45, 2.75) is 19.4 Å². The molecule has 0 saturated carbocycles. The molecule has 1 aliphatic rings. The second-order valence-corrected chi connectivity index (χ2v) is 8.01. The molecule has 1 atom stereocenters. The van der Waals surface area contributed by atoms with E-state index in [2.05, 4.69) is 10.2 Å². The molecule has 2 heterocycles. The van der Waals surface area contributed by atoms with Gasteiger partial charge in [-0.1, -0.05) is 11.6 Å². The van der Waals surface area contributed by atoms with Crippen molar-refractivity contribution in [3.8, 4) is 5.75 Å². The van der Waals surface area contributed by atoms with Gasteiger partial charge in [0.2, 0.25) is 5.91 Å². The number of aryl methyl sites for hydroxylation is 1. The van der Waals surface area contributed by atoms with Crippen LogP contribution in [0.1, 0.15) is 22.5 Å². The monoisotopic (exact) mass is 433 g/mol. The second-order valence-electron chi connectivity index (χ2n) is 7.57. The summed E-state index contributed by atoms with van der Waals surface area (Å²) >= 11 is 5.87. The number of benzene rings is 1. The maximum absolute atomic E-state index is 13.0. The van der Waals surface area contributed by atoms with Crippen LogP contribution in [0.3, 0.4) is 0 Å². The Labute approximate surface area is 181 Å². The first-order valence-electron chi connectivity index (χ1n) is 9.99. The molecule has 1 unspecified atom stereocenters. The molecule has 0 bridgehead atoms. The van der Waals surface area contributed by atoms with Gasteiger partial charge in [0, 0.05) is 43.9 Å². The zero-order chi connectivity index (χ0) is 21.7. The van der Waals surface area contributed by atoms with Crippen LogP contribution >= 0.6 is 11.6 Å². The molecule has 1 saturated heterocycles. The highest BCUT2D eigenvalue weighted by molar-refractivity contribution is 6.30. The van der Waals surface area contributed by atoms with Crippen LogP contribution in [0.25, 0.3) is 0 Å². The molecule has 1 fully saturated rings. The minimum absolute atomic E-state index is 0.00501. The number of nitrogens with zero attached hydrogens (tertiary/aromatic N) is 4. The van der Waals surface area contributed by atoms with Gasteiger partial charge in [0.15, 0.2) is 0 Å². The maximum Gasteiger partial charge on any atom is 0.257 e. The number of ether oxygens (including phenoxy) is 1. The molecular weight excluding hydrogens is 406 g/mol. The summed E-state index contributed by atoms with van der Waals surface area (Å²) in [5, 5.41) is 7.38. The Balaban J connectivity index is 1.50. The summed E-state index contributed by atoms with van der Waals surface area (Å²) in [6.45, 7) is 4.49. The first-order valence-corrected chi connectivity index (χ1v) is 10.4. The standard InChI is InChI=1S/C21H28ClN5O3/c1-15-18(13-23-24-15)20(28)27-11-10-25(2)19(14-27)21(29)26(3)9-4-12-30-17-7-5-16(22)6-8-17/h5-8,13,19H,4,9-12,14H2,1-3H3,(H,23,24). The molecular formula is C21H28ClN5O3. The lowest BCUT2D eigenvalue weighted by Crippen LogP contribution is -2.59. The van der Waals surface area contributed by atoms with Gasteiger partial charge < -0.3 is 14.5 Å². The quantitative estimate of drug-likeness (QED) is 0.676. The molecule has 0 aliphatic carbocycles. The second kappa shape index (κ2) is 9.95. The van der Waals surface area contributed by atoms with E-state index >= 15 is 0 Å². The number of halogens is 1. The van der Waals surface area contributed by atoms with Crippen LogP contribution in [-0.4, -0.2) is 89.6 Å². The molecule has 162 valence electrons. The van der Waals surface area contributed by atoms with Crippen LogP contribution < -0.4 is 4.74 Å². The van der Waals surface area contributed by atoms with Crippen LogP contribution in [0.15, 0.2) is 30.5 Å². The minimum Gasteiger partial charge on any atom is -0.494 e. The number of hydrogen-bond acceptors (Lipinski definition) is 5. The molecule has 8 nitrogen and oxygen atoms in total. The minimum atomic E-state index is -0.364. The molecule has 1 aromatic heterocycles. The summed E-state index contributed by atoms with van der Waals surface area (Å²) in [6, 6.07) is 6.84. The smallest absolute Gasteiger partial charge is 0.257 e. The highest BCUT2D eigenvalue weighted by Crippen LogP contribution is 2.17. The highest BCUT2D eigenvalue weighted by Gasteiger charge is 2.34. The number of nitrogens with one attached hydrogen (secondary N) is 1. The molecule has 9 heteroatoms. The van der Waals surface area contributed by atoms with Crippen molar-refractivity contribution in [2.24, 2.45) is 0 Å². The van der Waals surface area contributed by atoms with Crippen molar-refractivity contribution in [2.75, 3.05) is 46.9 Å². The zero-order valence-corrected chi connectivity index (χ0v) is 18.4. The van der Waals surface area contributed by atoms with Crippen molar-refractivity contribution < 1.29 is 14.3 Å². The summed E-state index contributed by atoms with van der Waals surface area (Å²) in [7, 11) is 3.71. The first kappa shape index (κ1) is 22.1. The van der Waals surface area contributed by atoms with E-state index in [0.29, 0.717) is 49.8 Å². The van der Waals surface area contributed by atoms with Gasteiger partial charge >= 0.3 is 0 Å². The van der Waals surface area contributed by atoms with E-state index in [1.165, 1.54) is 0 Å². The first-order chi connectivity index (χ1) is 14.4. The number of aromatic nitrogens is 2.